The van der Waals surface area contributed by atoms with Gasteiger partial charge in [-0.05, 0) is 73.0 Å². The fourth-order valence-corrected chi connectivity index (χ4v) is 6.40. The Morgan fingerprint density at radius 3 is 2.41 bits per heavy atom. The van der Waals surface area contributed by atoms with E-state index < -0.39 is 12.0 Å². The van der Waals surface area contributed by atoms with Gasteiger partial charge in [-0.15, -0.1) is 0 Å². The van der Waals surface area contributed by atoms with Crippen LogP contribution in [0.1, 0.15) is 42.1 Å². The van der Waals surface area contributed by atoms with Gasteiger partial charge in [0.1, 0.15) is 12.4 Å². The minimum Gasteiger partial charge on any atom is -0.493 e. The van der Waals surface area contributed by atoms with E-state index >= 15 is 0 Å². The topological polar surface area (TPSA) is 112 Å². The maximum Gasteiger partial charge on any atom is 0.338 e. The summed E-state index contributed by atoms with van der Waals surface area (Å²) in [6.45, 7) is 4.00. The second kappa shape index (κ2) is 13.3. The Labute approximate surface area is 266 Å². The summed E-state index contributed by atoms with van der Waals surface area (Å²) in [6.07, 6.45) is 1.79. The van der Waals surface area contributed by atoms with Crippen molar-refractivity contribution in [1.29, 1.82) is 5.26 Å². The summed E-state index contributed by atoms with van der Waals surface area (Å²) >= 11 is 4.86. The molecule has 1 aromatic heterocycles. The third kappa shape index (κ3) is 6.18. The Balaban J connectivity index is 1.53. The number of hydrogen-bond acceptors (Lipinski definition) is 9. The van der Waals surface area contributed by atoms with Crippen LogP contribution in [-0.4, -0.2) is 31.4 Å². The normalized spacial score (nSPS) is 14.4. The molecule has 0 fully saturated rings. The molecule has 224 valence electrons. The molecule has 1 atom stereocenters. The number of hydrogen-bond donors (Lipinski definition) is 0. The summed E-state index contributed by atoms with van der Waals surface area (Å²) in [6, 6.07) is 19.4. The molecule has 4 aromatic rings. The first-order valence-corrected chi connectivity index (χ1v) is 15.2. The first kappa shape index (κ1) is 30.8. The molecule has 0 aliphatic carbocycles. The smallest absolute Gasteiger partial charge is 0.338 e. The van der Waals surface area contributed by atoms with E-state index in [1.54, 1.807) is 44.2 Å². The Morgan fingerprint density at radius 2 is 1.77 bits per heavy atom. The van der Waals surface area contributed by atoms with Crippen LogP contribution in [0.5, 0.6) is 17.2 Å². The van der Waals surface area contributed by atoms with Gasteiger partial charge in [-0.25, -0.2) is 9.79 Å². The number of methoxy groups -OCH3 is 2. The molecule has 0 spiro atoms. The molecule has 0 unspecified atom stereocenters. The van der Waals surface area contributed by atoms with Crippen LogP contribution in [0.2, 0.25) is 0 Å². The quantitative estimate of drug-likeness (QED) is 0.229. The van der Waals surface area contributed by atoms with Gasteiger partial charge in [-0.1, -0.05) is 51.5 Å². The van der Waals surface area contributed by atoms with Gasteiger partial charge in [0, 0.05) is 4.47 Å². The van der Waals surface area contributed by atoms with Gasteiger partial charge in [0.15, 0.2) is 16.3 Å². The molecule has 9 nitrogen and oxygen atoms in total. The summed E-state index contributed by atoms with van der Waals surface area (Å²) in [5, 5.41) is 8.97. The highest BCUT2D eigenvalue weighted by Gasteiger charge is 2.35. The predicted octanol–water partition coefficient (Wildman–Crippen LogP) is 5.03. The number of thiazole rings is 1. The molecular formula is C33H28BrN3O6S. The Bertz CT molecular complexity index is 1970. The van der Waals surface area contributed by atoms with E-state index in [-0.39, 0.29) is 17.7 Å². The third-order valence-corrected chi connectivity index (χ3v) is 8.65. The maximum absolute atomic E-state index is 14.0. The van der Waals surface area contributed by atoms with Crippen molar-refractivity contribution in [3.63, 3.8) is 0 Å². The lowest BCUT2D eigenvalue weighted by molar-refractivity contribution is -0.139. The summed E-state index contributed by atoms with van der Waals surface area (Å²) in [5.74, 6) is 1.07. The van der Waals surface area contributed by atoms with Gasteiger partial charge in [0.05, 0.1) is 54.3 Å². The van der Waals surface area contributed by atoms with Crippen molar-refractivity contribution in [2.24, 2.45) is 4.99 Å². The molecule has 0 bridgehead atoms. The fraction of sp³-hybridized carbons (Fsp3) is 0.212. The molecule has 2 heterocycles. The van der Waals surface area contributed by atoms with E-state index in [1.807, 2.05) is 36.4 Å². The van der Waals surface area contributed by atoms with E-state index in [9.17, 15) is 9.59 Å². The zero-order valence-corrected chi connectivity index (χ0v) is 26.8. The number of allylic oxidation sites excluding steroid dienone is 1. The number of aromatic nitrogens is 1. The number of benzene rings is 3. The molecule has 11 heteroatoms. The lowest BCUT2D eigenvalue weighted by atomic mass is 9.95. The summed E-state index contributed by atoms with van der Waals surface area (Å²) in [4.78, 5) is 32.3. The standard InChI is InChI=1S/C33H28BrN3O6S/c1-5-42-32(39)29-19(2)36-33-37(30(29)24-15-26(40-3)27(41-4)16-25(24)34)31(38)28(44-33)14-20-10-12-23(13-11-20)43-18-22-8-6-21(17-35)7-9-22/h6-16,30H,5,18H2,1-4H3/b28-14-/t30-/m0/s1. The summed E-state index contributed by atoms with van der Waals surface area (Å²) in [7, 11) is 3.06. The number of rotatable bonds is 9. The summed E-state index contributed by atoms with van der Waals surface area (Å²) in [5.41, 5.74) is 3.40. The second-order valence-electron chi connectivity index (χ2n) is 9.70. The molecule has 3 aromatic carbocycles. The number of nitrogens with zero attached hydrogens (tertiary/aromatic N) is 3. The van der Waals surface area contributed by atoms with Gasteiger partial charge in [0.25, 0.3) is 5.56 Å². The zero-order valence-electron chi connectivity index (χ0n) is 24.4. The number of carbonyl (C=O) groups is 1. The zero-order chi connectivity index (χ0) is 31.4. The first-order chi connectivity index (χ1) is 21.3. The van der Waals surface area contributed by atoms with Gasteiger partial charge in [-0.3, -0.25) is 9.36 Å². The predicted molar refractivity (Wildman–Crippen MR) is 170 cm³/mol. The second-order valence-corrected chi connectivity index (χ2v) is 11.6. The Kier molecular flexibility index (Phi) is 9.32. The minimum absolute atomic E-state index is 0.174. The van der Waals surface area contributed by atoms with Crippen molar-refractivity contribution in [2.45, 2.75) is 26.5 Å². The van der Waals surface area contributed by atoms with E-state index in [4.69, 9.17) is 24.2 Å². The molecular weight excluding hydrogens is 646 g/mol. The molecule has 0 saturated carbocycles. The largest absolute Gasteiger partial charge is 0.493 e. The first-order valence-electron chi connectivity index (χ1n) is 13.6. The number of fused-ring (bicyclic) bond motifs is 1. The fourth-order valence-electron chi connectivity index (χ4n) is 4.82. The molecule has 1 aliphatic rings. The lowest BCUT2D eigenvalue weighted by Crippen LogP contribution is -2.40. The van der Waals surface area contributed by atoms with Gasteiger partial charge in [0.2, 0.25) is 0 Å². The van der Waals surface area contributed by atoms with Crippen LogP contribution in [0.4, 0.5) is 0 Å². The Morgan fingerprint density at radius 1 is 1.09 bits per heavy atom. The molecule has 1 aliphatic heterocycles. The van der Waals surface area contributed by atoms with Crippen molar-refractivity contribution in [2.75, 3.05) is 20.8 Å². The molecule has 0 saturated heterocycles. The number of nitriles is 1. The highest BCUT2D eigenvalue weighted by atomic mass is 79.9. The molecule has 5 rings (SSSR count). The van der Waals surface area contributed by atoms with Crippen molar-refractivity contribution < 1.29 is 23.7 Å². The van der Waals surface area contributed by atoms with Crippen molar-refractivity contribution >= 4 is 39.3 Å². The van der Waals surface area contributed by atoms with Gasteiger partial charge >= 0.3 is 5.97 Å². The monoisotopic (exact) mass is 673 g/mol. The van der Waals surface area contributed by atoms with Crippen LogP contribution in [0.25, 0.3) is 6.08 Å². The SMILES string of the molecule is CCOC(=O)C1=C(C)N=c2s/c(=C\c3ccc(OCc4ccc(C#N)cc4)cc3)c(=O)n2[C@H]1c1cc(OC)c(OC)cc1Br. The van der Waals surface area contributed by atoms with Crippen LogP contribution >= 0.6 is 27.3 Å². The van der Waals surface area contributed by atoms with Crippen LogP contribution < -0.4 is 29.1 Å². The highest BCUT2D eigenvalue weighted by molar-refractivity contribution is 9.10. The van der Waals surface area contributed by atoms with E-state index in [1.165, 1.54) is 30.1 Å². The molecule has 0 N–H and O–H groups in total. The van der Waals surface area contributed by atoms with Gasteiger partial charge in [-0.2, -0.15) is 5.26 Å². The molecule has 0 amide bonds. The lowest BCUT2D eigenvalue weighted by Gasteiger charge is -2.26. The van der Waals surface area contributed by atoms with Crippen LogP contribution in [-0.2, 0) is 16.1 Å². The van der Waals surface area contributed by atoms with Crippen molar-refractivity contribution in [1.82, 2.24) is 4.57 Å². The van der Waals surface area contributed by atoms with E-state index in [2.05, 4.69) is 27.0 Å². The van der Waals surface area contributed by atoms with Gasteiger partial charge < -0.3 is 18.9 Å². The average Bonchev–Trinajstić information content (AvgIpc) is 3.33. The van der Waals surface area contributed by atoms with E-state index in [0.29, 0.717) is 54.5 Å². The van der Waals surface area contributed by atoms with Crippen molar-refractivity contribution in [3.8, 4) is 23.3 Å². The van der Waals surface area contributed by atoms with Crippen LogP contribution in [0, 0.1) is 11.3 Å². The number of ether oxygens (including phenoxy) is 4. The highest BCUT2D eigenvalue weighted by Crippen LogP contribution is 2.40. The minimum atomic E-state index is -0.820. The average molecular weight is 675 g/mol. The molecule has 0 radical (unpaired) electrons. The third-order valence-electron chi connectivity index (χ3n) is 6.98. The number of halogens is 1. The number of esters is 1. The maximum atomic E-state index is 14.0. The van der Waals surface area contributed by atoms with Crippen LogP contribution in [0.15, 0.2) is 86.2 Å². The number of carbonyl (C=O) groups excluding carboxylic acids is 1. The summed E-state index contributed by atoms with van der Waals surface area (Å²) < 4.78 is 24.9. The Hall–Kier alpha value is -4.66. The van der Waals surface area contributed by atoms with Crippen molar-refractivity contribution in [3.05, 3.63) is 118 Å². The van der Waals surface area contributed by atoms with E-state index in [0.717, 1.165) is 11.1 Å². The van der Waals surface area contributed by atoms with Crippen LogP contribution in [0.3, 0.4) is 0 Å². The molecule has 44 heavy (non-hydrogen) atoms.